The molecule has 0 unspecified atom stereocenters. The van der Waals surface area contributed by atoms with Crippen LogP contribution in [0.15, 0.2) is 0 Å². The molecule has 0 aromatic carbocycles. The summed E-state index contributed by atoms with van der Waals surface area (Å²) in [6, 6.07) is -0.494. The molecule has 0 spiro atoms. The van der Waals surface area contributed by atoms with Crippen molar-refractivity contribution < 1.29 is 9.90 Å². The molecule has 0 bridgehead atoms. The smallest absolute Gasteiger partial charge is 0.237 e. The van der Waals surface area contributed by atoms with Crippen LogP contribution in [-0.2, 0) is 4.79 Å². The number of nitrogens with one attached hydrogen (secondary N) is 1. The fraction of sp³-hybridized carbons (Fsp3) is 0.889. The minimum atomic E-state index is -0.494. The van der Waals surface area contributed by atoms with Gasteiger partial charge in [-0.2, -0.15) is 0 Å². The van der Waals surface area contributed by atoms with Gasteiger partial charge in [-0.05, 0) is 11.8 Å². The Bertz CT molecular complexity index is 163. The van der Waals surface area contributed by atoms with Crippen LogP contribution in [0.3, 0.4) is 0 Å². The molecule has 4 nitrogen and oxygen atoms in total. The molecule has 0 aliphatic carbocycles. The van der Waals surface area contributed by atoms with Crippen LogP contribution in [0.2, 0.25) is 0 Å². The van der Waals surface area contributed by atoms with Gasteiger partial charge in [-0.1, -0.05) is 20.8 Å². The highest BCUT2D eigenvalue weighted by molar-refractivity contribution is 5.82. The van der Waals surface area contributed by atoms with Gasteiger partial charge in [0.1, 0.15) is 0 Å². The maximum atomic E-state index is 11.3. The van der Waals surface area contributed by atoms with E-state index in [9.17, 15) is 4.79 Å². The van der Waals surface area contributed by atoms with Gasteiger partial charge in [-0.25, -0.2) is 0 Å². The summed E-state index contributed by atoms with van der Waals surface area (Å²) in [7, 11) is 0. The van der Waals surface area contributed by atoms with E-state index in [0.29, 0.717) is 13.0 Å². The fourth-order valence-corrected chi connectivity index (χ4v) is 0.794. The molecule has 0 saturated carbocycles. The third-order valence-corrected chi connectivity index (χ3v) is 1.85. The van der Waals surface area contributed by atoms with E-state index < -0.39 is 6.04 Å². The van der Waals surface area contributed by atoms with Crippen LogP contribution in [0.25, 0.3) is 0 Å². The molecule has 0 heterocycles. The van der Waals surface area contributed by atoms with Crippen LogP contribution in [0.1, 0.15) is 27.2 Å². The Morgan fingerprint density at radius 2 is 2.08 bits per heavy atom. The van der Waals surface area contributed by atoms with Gasteiger partial charge in [0.15, 0.2) is 0 Å². The van der Waals surface area contributed by atoms with Crippen molar-refractivity contribution in [3.8, 4) is 0 Å². The van der Waals surface area contributed by atoms with E-state index in [4.69, 9.17) is 10.8 Å². The summed E-state index contributed by atoms with van der Waals surface area (Å²) < 4.78 is 0. The van der Waals surface area contributed by atoms with Gasteiger partial charge in [0.2, 0.25) is 5.91 Å². The van der Waals surface area contributed by atoms with Crippen LogP contribution in [0.5, 0.6) is 0 Å². The van der Waals surface area contributed by atoms with Crippen molar-refractivity contribution >= 4 is 5.91 Å². The van der Waals surface area contributed by atoms with E-state index in [2.05, 4.69) is 5.32 Å². The Balaban J connectivity index is 3.84. The zero-order valence-electron chi connectivity index (χ0n) is 8.63. The summed E-state index contributed by atoms with van der Waals surface area (Å²) in [5.74, 6) is -0.152. The lowest BCUT2D eigenvalue weighted by Crippen LogP contribution is -2.48. The molecular formula is C9H20N2O2. The molecule has 0 rings (SSSR count). The topological polar surface area (TPSA) is 75.4 Å². The first kappa shape index (κ1) is 12.4. The summed E-state index contributed by atoms with van der Waals surface area (Å²) in [6.45, 7) is 6.33. The van der Waals surface area contributed by atoms with E-state index in [1.807, 2.05) is 20.8 Å². The maximum Gasteiger partial charge on any atom is 0.237 e. The number of carbonyl (C=O) groups is 1. The minimum absolute atomic E-state index is 0.0883. The fourth-order valence-electron chi connectivity index (χ4n) is 0.794. The first-order valence-electron chi connectivity index (χ1n) is 4.53. The van der Waals surface area contributed by atoms with Crippen LogP contribution in [0.4, 0.5) is 0 Å². The van der Waals surface area contributed by atoms with E-state index >= 15 is 0 Å². The van der Waals surface area contributed by atoms with Gasteiger partial charge < -0.3 is 16.2 Å². The highest BCUT2D eigenvalue weighted by Crippen LogP contribution is 2.16. The Morgan fingerprint density at radius 3 is 2.46 bits per heavy atom. The molecule has 78 valence electrons. The van der Waals surface area contributed by atoms with Crippen molar-refractivity contribution in [3.63, 3.8) is 0 Å². The minimum Gasteiger partial charge on any atom is -0.396 e. The Kier molecular flexibility index (Phi) is 4.95. The first-order valence-corrected chi connectivity index (χ1v) is 4.53. The number of aliphatic hydroxyl groups excluding tert-OH is 1. The molecule has 1 atom stereocenters. The number of carbonyl (C=O) groups excluding carboxylic acids is 1. The first-order chi connectivity index (χ1) is 5.89. The average Bonchev–Trinajstić information content (AvgIpc) is 2.01. The monoisotopic (exact) mass is 188 g/mol. The largest absolute Gasteiger partial charge is 0.396 e. The number of aliphatic hydroxyl groups is 1. The third-order valence-electron chi connectivity index (χ3n) is 1.85. The molecule has 4 N–H and O–H groups in total. The lowest BCUT2D eigenvalue weighted by Gasteiger charge is -2.25. The van der Waals surface area contributed by atoms with Crippen molar-refractivity contribution in [2.75, 3.05) is 13.2 Å². The number of hydrogen-bond acceptors (Lipinski definition) is 3. The highest BCUT2D eigenvalue weighted by Gasteiger charge is 2.26. The number of hydrogen-bond donors (Lipinski definition) is 3. The number of rotatable bonds is 4. The lowest BCUT2D eigenvalue weighted by molar-refractivity contribution is -0.124. The summed E-state index contributed by atoms with van der Waals surface area (Å²) >= 11 is 0. The molecular weight excluding hydrogens is 168 g/mol. The summed E-state index contributed by atoms with van der Waals surface area (Å²) in [5.41, 5.74) is 5.48. The van der Waals surface area contributed by atoms with Gasteiger partial charge in [-0.15, -0.1) is 0 Å². The maximum absolute atomic E-state index is 11.3. The van der Waals surface area contributed by atoms with Crippen LogP contribution < -0.4 is 11.1 Å². The molecule has 0 radical (unpaired) electrons. The van der Waals surface area contributed by atoms with Gasteiger partial charge in [0.05, 0.1) is 6.04 Å². The molecule has 1 amide bonds. The predicted octanol–water partition coefficient (Wildman–Crippen LogP) is -0.142. The van der Waals surface area contributed by atoms with Gasteiger partial charge >= 0.3 is 0 Å². The summed E-state index contributed by atoms with van der Waals surface area (Å²) in [4.78, 5) is 11.3. The zero-order chi connectivity index (χ0) is 10.5. The number of amides is 1. The van der Waals surface area contributed by atoms with Crippen LogP contribution in [-0.4, -0.2) is 30.2 Å². The van der Waals surface area contributed by atoms with Crippen molar-refractivity contribution in [2.45, 2.75) is 33.2 Å². The second kappa shape index (κ2) is 5.19. The molecule has 0 aliphatic heterocycles. The van der Waals surface area contributed by atoms with Gasteiger partial charge in [-0.3, -0.25) is 4.79 Å². The summed E-state index contributed by atoms with van der Waals surface area (Å²) in [5, 5.41) is 11.2. The van der Waals surface area contributed by atoms with Gasteiger partial charge in [0, 0.05) is 13.2 Å². The SMILES string of the molecule is CC(C)(C)[C@H](N)C(=O)NCCCO. The van der Waals surface area contributed by atoms with Crippen molar-refractivity contribution in [3.05, 3.63) is 0 Å². The third kappa shape index (κ3) is 4.85. The molecule has 0 saturated heterocycles. The Labute approximate surface area is 79.5 Å². The Hall–Kier alpha value is -0.610. The van der Waals surface area contributed by atoms with Crippen LogP contribution >= 0.6 is 0 Å². The molecule has 4 heteroatoms. The van der Waals surface area contributed by atoms with E-state index in [1.54, 1.807) is 0 Å². The lowest BCUT2D eigenvalue weighted by atomic mass is 9.87. The molecule has 0 aromatic heterocycles. The van der Waals surface area contributed by atoms with Crippen molar-refractivity contribution in [1.29, 1.82) is 0 Å². The molecule has 0 fully saturated rings. The zero-order valence-corrected chi connectivity index (χ0v) is 8.63. The second-order valence-corrected chi connectivity index (χ2v) is 4.21. The Morgan fingerprint density at radius 1 is 1.54 bits per heavy atom. The standard InChI is InChI=1S/C9H20N2O2/c1-9(2,3)7(10)8(13)11-5-4-6-12/h7,12H,4-6,10H2,1-3H3,(H,11,13)/t7-/m1/s1. The second-order valence-electron chi connectivity index (χ2n) is 4.21. The van der Waals surface area contributed by atoms with E-state index in [1.165, 1.54) is 0 Å². The van der Waals surface area contributed by atoms with E-state index in [0.717, 1.165) is 0 Å². The van der Waals surface area contributed by atoms with Crippen molar-refractivity contribution in [1.82, 2.24) is 5.32 Å². The molecule has 0 aliphatic rings. The number of nitrogens with two attached hydrogens (primary N) is 1. The normalized spacial score (nSPS) is 13.9. The molecule has 0 aromatic rings. The predicted molar refractivity (Wildman–Crippen MR) is 52.1 cm³/mol. The van der Waals surface area contributed by atoms with Crippen LogP contribution in [0, 0.1) is 5.41 Å². The highest BCUT2D eigenvalue weighted by atomic mass is 16.3. The summed E-state index contributed by atoms with van der Waals surface area (Å²) in [6.07, 6.45) is 0.572. The van der Waals surface area contributed by atoms with E-state index in [-0.39, 0.29) is 17.9 Å². The average molecular weight is 188 g/mol. The quantitative estimate of drug-likeness (QED) is 0.537. The van der Waals surface area contributed by atoms with Crippen molar-refractivity contribution in [2.24, 2.45) is 11.1 Å². The molecule has 13 heavy (non-hydrogen) atoms. The van der Waals surface area contributed by atoms with Gasteiger partial charge in [0.25, 0.3) is 0 Å².